The molecule has 4 nitrogen and oxygen atoms in total. The average molecular weight is 494 g/mol. The van der Waals surface area contributed by atoms with Gasteiger partial charge in [-0.05, 0) is 72.5 Å². The maximum Gasteiger partial charge on any atom is 0.418 e. The molecule has 1 fully saturated rings. The molecule has 0 aromatic heterocycles. The number of nitrogens with two attached hydrogens (primary N) is 2. The lowest BCUT2D eigenvalue weighted by Gasteiger charge is -2.20. The van der Waals surface area contributed by atoms with Crippen molar-refractivity contribution in [2.24, 2.45) is 0 Å². The van der Waals surface area contributed by atoms with Crippen LogP contribution in [0, 0.1) is 0 Å². The van der Waals surface area contributed by atoms with Gasteiger partial charge in [-0.2, -0.15) is 26.3 Å². The van der Waals surface area contributed by atoms with E-state index in [0.717, 1.165) is 42.2 Å². The summed E-state index contributed by atoms with van der Waals surface area (Å²) in [6, 6.07) is 12.1. The zero-order valence-electron chi connectivity index (χ0n) is 18.1. The van der Waals surface area contributed by atoms with Crippen molar-refractivity contribution in [1.82, 2.24) is 0 Å². The smallest absolute Gasteiger partial charge is 0.418 e. The molecular formula is C25H20F6N2O2. The molecule has 0 heterocycles. The van der Waals surface area contributed by atoms with Crippen molar-refractivity contribution < 1.29 is 35.8 Å². The van der Waals surface area contributed by atoms with E-state index in [0.29, 0.717) is 5.75 Å². The Morgan fingerprint density at radius 1 is 0.629 bits per heavy atom. The van der Waals surface area contributed by atoms with E-state index in [4.69, 9.17) is 20.9 Å². The first-order chi connectivity index (χ1) is 16.4. The summed E-state index contributed by atoms with van der Waals surface area (Å²) in [5.41, 5.74) is 10.1. The van der Waals surface area contributed by atoms with Gasteiger partial charge in [0.25, 0.3) is 0 Å². The highest BCUT2D eigenvalue weighted by molar-refractivity contribution is 5.55. The summed E-state index contributed by atoms with van der Waals surface area (Å²) in [5, 5.41) is 0. The van der Waals surface area contributed by atoms with Gasteiger partial charge in [-0.1, -0.05) is 6.07 Å². The summed E-state index contributed by atoms with van der Waals surface area (Å²) in [5.74, 6) is 0.329. The summed E-state index contributed by atoms with van der Waals surface area (Å²) in [6.07, 6.45) is -7.98. The summed E-state index contributed by atoms with van der Waals surface area (Å²) in [7, 11) is 0. The van der Waals surface area contributed by atoms with Gasteiger partial charge in [0, 0.05) is 23.2 Å². The summed E-state index contributed by atoms with van der Waals surface area (Å²) in [6.45, 7) is 0. The summed E-state index contributed by atoms with van der Waals surface area (Å²) >= 11 is 0. The monoisotopic (exact) mass is 494 g/mol. The fourth-order valence-corrected chi connectivity index (χ4v) is 5.06. The van der Waals surface area contributed by atoms with Gasteiger partial charge in [-0.25, -0.2) is 0 Å². The number of benzene rings is 3. The molecule has 1 saturated carbocycles. The molecule has 184 valence electrons. The second-order valence-electron chi connectivity index (χ2n) is 8.76. The van der Waals surface area contributed by atoms with Gasteiger partial charge in [0.2, 0.25) is 0 Å². The highest BCUT2D eigenvalue weighted by Gasteiger charge is 2.48. The fourth-order valence-electron chi connectivity index (χ4n) is 5.06. The Bertz CT molecular complexity index is 1290. The third-order valence-electron chi connectivity index (χ3n) is 6.61. The van der Waals surface area contributed by atoms with Gasteiger partial charge in [-0.3, -0.25) is 0 Å². The quantitative estimate of drug-likeness (QED) is 0.300. The number of alkyl halides is 6. The van der Waals surface area contributed by atoms with E-state index in [2.05, 4.69) is 0 Å². The van der Waals surface area contributed by atoms with Crippen LogP contribution >= 0.6 is 0 Å². The van der Waals surface area contributed by atoms with Gasteiger partial charge in [-0.15, -0.1) is 0 Å². The predicted molar refractivity (Wildman–Crippen MR) is 117 cm³/mol. The maximum absolute atomic E-state index is 13.2. The van der Waals surface area contributed by atoms with Crippen molar-refractivity contribution in [3.8, 4) is 17.2 Å². The number of hydrogen-bond acceptors (Lipinski definition) is 4. The van der Waals surface area contributed by atoms with Crippen LogP contribution in [-0.2, 0) is 12.4 Å². The zero-order chi connectivity index (χ0) is 25.1. The lowest BCUT2D eigenvalue weighted by molar-refractivity contribution is -0.137. The van der Waals surface area contributed by atoms with Crippen molar-refractivity contribution >= 4 is 11.4 Å². The fraction of sp³-hybridized carbons (Fsp3) is 0.280. The molecule has 2 bridgehead atoms. The molecule has 2 aliphatic carbocycles. The van der Waals surface area contributed by atoms with Gasteiger partial charge in [0.05, 0.1) is 11.1 Å². The van der Waals surface area contributed by atoms with Crippen LogP contribution in [0.1, 0.15) is 46.9 Å². The zero-order valence-corrected chi connectivity index (χ0v) is 18.1. The molecular weight excluding hydrogens is 474 g/mol. The summed E-state index contributed by atoms with van der Waals surface area (Å²) < 4.78 is 90.9. The molecule has 10 heteroatoms. The normalized spacial score (nSPS) is 21.1. The molecule has 0 spiro atoms. The molecule has 3 aromatic rings. The number of fused-ring (bicyclic) bond motifs is 5. The Morgan fingerprint density at radius 3 is 1.71 bits per heavy atom. The number of rotatable bonds is 4. The second kappa shape index (κ2) is 8.00. The first-order valence-corrected chi connectivity index (χ1v) is 10.8. The lowest BCUT2D eigenvalue weighted by Crippen LogP contribution is -2.20. The van der Waals surface area contributed by atoms with Crippen molar-refractivity contribution in [3.63, 3.8) is 0 Å². The van der Waals surface area contributed by atoms with Gasteiger partial charge < -0.3 is 20.9 Å². The van der Waals surface area contributed by atoms with Gasteiger partial charge in [0.15, 0.2) is 0 Å². The minimum Gasteiger partial charge on any atom is -0.489 e. The minimum absolute atomic E-state index is 0.00991. The Hall–Kier alpha value is -3.56. The average Bonchev–Trinajstić information content (AvgIpc) is 3.30. The first kappa shape index (κ1) is 23.2. The molecule has 2 aliphatic rings. The first-order valence-electron chi connectivity index (χ1n) is 10.8. The lowest BCUT2D eigenvalue weighted by atomic mass is 9.92. The van der Waals surface area contributed by atoms with Crippen LogP contribution < -0.4 is 20.9 Å². The third-order valence-corrected chi connectivity index (χ3v) is 6.61. The van der Waals surface area contributed by atoms with Crippen molar-refractivity contribution in [2.45, 2.75) is 43.1 Å². The third kappa shape index (κ3) is 4.21. The van der Waals surface area contributed by atoms with Crippen LogP contribution in [0.15, 0.2) is 54.6 Å². The van der Waals surface area contributed by atoms with E-state index < -0.39 is 29.2 Å². The molecule has 4 N–H and O–H groups in total. The molecule has 0 saturated heterocycles. The molecule has 35 heavy (non-hydrogen) atoms. The molecule has 0 radical (unpaired) electrons. The van der Waals surface area contributed by atoms with Gasteiger partial charge in [0.1, 0.15) is 23.4 Å². The number of ether oxygens (including phenoxy) is 2. The molecule has 3 aromatic carbocycles. The van der Waals surface area contributed by atoms with Crippen LogP contribution in [0.2, 0.25) is 0 Å². The number of nitrogen functional groups attached to an aromatic ring is 2. The van der Waals surface area contributed by atoms with Crippen LogP contribution in [0.3, 0.4) is 0 Å². The Labute approximate surface area is 196 Å². The Balaban J connectivity index is 1.38. The van der Waals surface area contributed by atoms with E-state index in [1.165, 1.54) is 18.2 Å². The number of hydrogen-bond donors (Lipinski definition) is 2. The molecule has 3 unspecified atom stereocenters. The standard InChI is InChI=1S/C25H20F6N2O2/c26-24(27,28)19-10-13(2-7-21(19)32)34-12-1-4-15-16-5-6-17(18(15)9-12)23(16)35-14-3-8-22(33)20(11-14)25(29,30)31/h1-4,7-11,16-17,23H,5-6,32-33H2. The predicted octanol–water partition coefficient (Wildman–Crippen LogP) is 7.10. The van der Waals surface area contributed by atoms with Crippen LogP contribution in [0.4, 0.5) is 37.7 Å². The van der Waals surface area contributed by atoms with E-state index in [1.54, 1.807) is 12.1 Å². The van der Waals surface area contributed by atoms with Crippen LogP contribution in [0.25, 0.3) is 0 Å². The van der Waals surface area contributed by atoms with E-state index in [-0.39, 0.29) is 35.1 Å². The largest absolute Gasteiger partial charge is 0.489 e. The van der Waals surface area contributed by atoms with Crippen molar-refractivity contribution in [2.75, 3.05) is 11.5 Å². The molecule has 5 rings (SSSR count). The summed E-state index contributed by atoms with van der Waals surface area (Å²) in [4.78, 5) is 0. The highest BCUT2D eigenvalue weighted by atomic mass is 19.4. The Kier molecular flexibility index (Phi) is 5.30. The SMILES string of the molecule is Nc1ccc(Oc2ccc3c(c2)C2CCC3C2Oc2ccc(N)c(C(F)(F)F)c2)cc1C(F)(F)F. The minimum atomic E-state index is -4.61. The van der Waals surface area contributed by atoms with Crippen molar-refractivity contribution in [3.05, 3.63) is 76.9 Å². The maximum atomic E-state index is 13.2. The van der Waals surface area contributed by atoms with Crippen LogP contribution in [0.5, 0.6) is 17.2 Å². The number of anilines is 2. The number of halogens is 6. The van der Waals surface area contributed by atoms with E-state index in [9.17, 15) is 26.3 Å². The Morgan fingerprint density at radius 2 is 1.11 bits per heavy atom. The molecule has 3 atom stereocenters. The van der Waals surface area contributed by atoms with Crippen molar-refractivity contribution in [1.29, 1.82) is 0 Å². The van der Waals surface area contributed by atoms with E-state index >= 15 is 0 Å². The van der Waals surface area contributed by atoms with Gasteiger partial charge >= 0.3 is 12.4 Å². The second-order valence-corrected chi connectivity index (χ2v) is 8.76. The topological polar surface area (TPSA) is 70.5 Å². The van der Waals surface area contributed by atoms with Crippen LogP contribution in [-0.4, -0.2) is 6.10 Å². The van der Waals surface area contributed by atoms with E-state index in [1.807, 2.05) is 6.07 Å². The molecule has 0 aliphatic heterocycles. The highest BCUT2D eigenvalue weighted by Crippen LogP contribution is 2.55. The molecule has 0 amide bonds.